The Hall–Kier alpha value is -2.21. The minimum atomic E-state index is -0.190. The molecule has 28 heavy (non-hydrogen) atoms. The van der Waals surface area contributed by atoms with Gasteiger partial charge in [-0.15, -0.1) is 0 Å². The zero-order valence-corrected chi connectivity index (χ0v) is 16.4. The van der Waals surface area contributed by atoms with E-state index in [9.17, 15) is 4.39 Å². The van der Waals surface area contributed by atoms with Crippen molar-refractivity contribution in [2.75, 3.05) is 37.7 Å². The lowest BCUT2D eigenvalue weighted by atomic mass is 10.1. The molecule has 1 N–H and O–H groups in total. The number of halogens is 2. The molecule has 0 amide bonds. The van der Waals surface area contributed by atoms with Crippen molar-refractivity contribution in [1.82, 2.24) is 10.3 Å². The van der Waals surface area contributed by atoms with E-state index in [1.165, 1.54) is 6.07 Å². The van der Waals surface area contributed by atoms with Gasteiger partial charge in [0.1, 0.15) is 11.6 Å². The zero-order chi connectivity index (χ0) is 19.3. The van der Waals surface area contributed by atoms with E-state index in [0.717, 1.165) is 53.9 Å². The van der Waals surface area contributed by atoms with Gasteiger partial charge in [0.2, 0.25) is 0 Å². The average molecular weight is 400 g/mol. The maximum absolute atomic E-state index is 13.3. The highest BCUT2D eigenvalue weighted by atomic mass is 35.5. The second-order valence-electron chi connectivity index (χ2n) is 6.96. The van der Waals surface area contributed by atoms with Crippen molar-refractivity contribution in [3.8, 4) is 0 Å². The Morgan fingerprint density at radius 1 is 1.11 bits per heavy atom. The number of rotatable bonds is 6. The van der Waals surface area contributed by atoms with Crippen LogP contribution in [0.3, 0.4) is 0 Å². The van der Waals surface area contributed by atoms with Crippen LogP contribution in [0.1, 0.15) is 11.1 Å². The van der Waals surface area contributed by atoms with Gasteiger partial charge in [-0.25, -0.2) is 9.37 Å². The van der Waals surface area contributed by atoms with Gasteiger partial charge >= 0.3 is 0 Å². The topological polar surface area (TPSA) is 37.4 Å². The number of aromatic nitrogens is 1. The fourth-order valence-electron chi connectivity index (χ4n) is 3.50. The van der Waals surface area contributed by atoms with Crippen molar-refractivity contribution in [2.45, 2.75) is 13.0 Å². The van der Waals surface area contributed by atoms with E-state index in [0.29, 0.717) is 24.8 Å². The first kappa shape index (κ1) is 19.1. The third-order valence-corrected chi connectivity index (χ3v) is 5.18. The summed E-state index contributed by atoms with van der Waals surface area (Å²) in [4.78, 5) is 7.18. The lowest BCUT2D eigenvalue weighted by Gasteiger charge is -2.30. The number of nitrogens with zero attached hydrogens (tertiary/aromatic N) is 2. The molecule has 1 saturated heterocycles. The van der Waals surface area contributed by atoms with Crippen LogP contribution in [0.5, 0.6) is 0 Å². The van der Waals surface area contributed by atoms with Crippen LogP contribution < -0.4 is 10.2 Å². The minimum absolute atomic E-state index is 0.190. The van der Waals surface area contributed by atoms with E-state index >= 15 is 0 Å². The lowest BCUT2D eigenvalue weighted by molar-refractivity contribution is 0.122. The van der Waals surface area contributed by atoms with Crippen molar-refractivity contribution in [2.24, 2.45) is 0 Å². The van der Waals surface area contributed by atoms with E-state index < -0.39 is 0 Å². The summed E-state index contributed by atoms with van der Waals surface area (Å²) >= 11 is 6.16. The van der Waals surface area contributed by atoms with Crippen LogP contribution in [-0.2, 0) is 17.7 Å². The van der Waals surface area contributed by atoms with Gasteiger partial charge in [-0.05, 0) is 48.9 Å². The number of hydrogen-bond donors (Lipinski definition) is 1. The van der Waals surface area contributed by atoms with Crippen LogP contribution in [-0.4, -0.2) is 37.8 Å². The number of nitrogens with one attached hydrogen (secondary N) is 1. The van der Waals surface area contributed by atoms with Gasteiger partial charge in [-0.1, -0.05) is 29.8 Å². The number of anilines is 1. The van der Waals surface area contributed by atoms with E-state index in [2.05, 4.69) is 16.3 Å². The summed E-state index contributed by atoms with van der Waals surface area (Å²) in [6, 6.07) is 14.7. The Labute approximate surface area is 169 Å². The Morgan fingerprint density at radius 3 is 2.79 bits per heavy atom. The third kappa shape index (κ3) is 4.61. The Balaban J connectivity index is 1.51. The first-order valence-electron chi connectivity index (χ1n) is 9.56. The van der Waals surface area contributed by atoms with E-state index in [1.807, 2.05) is 24.3 Å². The number of pyridine rings is 1. The molecular formula is C22H23ClFN3O. The molecule has 0 atom stereocenters. The van der Waals surface area contributed by atoms with Gasteiger partial charge in [-0.2, -0.15) is 0 Å². The molecule has 2 aromatic carbocycles. The lowest BCUT2D eigenvalue weighted by Crippen LogP contribution is -2.37. The van der Waals surface area contributed by atoms with Crippen molar-refractivity contribution in [3.63, 3.8) is 0 Å². The van der Waals surface area contributed by atoms with Gasteiger partial charge in [0.25, 0.3) is 0 Å². The summed E-state index contributed by atoms with van der Waals surface area (Å²) in [6.45, 7) is 4.55. The van der Waals surface area contributed by atoms with Crippen molar-refractivity contribution in [3.05, 3.63) is 70.5 Å². The molecule has 0 radical (unpaired) electrons. The fourth-order valence-corrected chi connectivity index (χ4v) is 3.67. The summed E-state index contributed by atoms with van der Waals surface area (Å²) in [6.07, 6.45) is 0.779. The highest BCUT2D eigenvalue weighted by Gasteiger charge is 2.17. The Bertz CT molecular complexity index is 960. The largest absolute Gasteiger partial charge is 0.378 e. The molecule has 1 aliphatic heterocycles. The first-order valence-corrected chi connectivity index (χ1v) is 9.94. The van der Waals surface area contributed by atoms with Crippen LogP contribution in [0.25, 0.3) is 10.9 Å². The van der Waals surface area contributed by atoms with Gasteiger partial charge in [0.05, 0.1) is 18.7 Å². The summed E-state index contributed by atoms with van der Waals surface area (Å²) in [7, 11) is 0. The molecule has 0 saturated carbocycles. The summed E-state index contributed by atoms with van der Waals surface area (Å²) < 4.78 is 18.8. The summed E-state index contributed by atoms with van der Waals surface area (Å²) in [5, 5.41) is 5.24. The quantitative estimate of drug-likeness (QED) is 0.630. The molecule has 0 aliphatic carbocycles. The maximum atomic E-state index is 13.3. The van der Waals surface area contributed by atoms with Crippen LogP contribution in [0.4, 0.5) is 10.2 Å². The molecule has 6 heteroatoms. The number of benzene rings is 2. The second kappa shape index (κ2) is 8.86. The van der Waals surface area contributed by atoms with E-state index in [4.69, 9.17) is 21.3 Å². The van der Waals surface area contributed by atoms with Gasteiger partial charge in [0.15, 0.2) is 0 Å². The fraction of sp³-hybridized carbons (Fsp3) is 0.318. The SMILES string of the molecule is Fc1cccc(CCNCc2cc3ccc(Cl)cc3nc2N2CCOCC2)c1. The normalized spacial score (nSPS) is 14.6. The smallest absolute Gasteiger partial charge is 0.133 e. The first-order chi connectivity index (χ1) is 13.7. The molecule has 2 heterocycles. The molecular weight excluding hydrogens is 377 g/mol. The molecule has 0 bridgehead atoms. The Kier molecular flexibility index (Phi) is 6.05. The summed E-state index contributed by atoms with van der Waals surface area (Å²) in [5.74, 6) is 0.792. The zero-order valence-electron chi connectivity index (χ0n) is 15.6. The minimum Gasteiger partial charge on any atom is -0.378 e. The van der Waals surface area contributed by atoms with E-state index in [1.54, 1.807) is 12.1 Å². The molecule has 1 aliphatic rings. The van der Waals surface area contributed by atoms with Gasteiger partial charge in [0, 0.05) is 35.6 Å². The standard InChI is InChI=1S/C22H23ClFN3O/c23-19-5-4-17-13-18(15-25-7-6-16-2-1-3-20(24)12-16)22(26-21(17)14-19)27-8-10-28-11-9-27/h1-5,12-14,25H,6-11,15H2. The highest BCUT2D eigenvalue weighted by molar-refractivity contribution is 6.31. The predicted molar refractivity (Wildman–Crippen MR) is 112 cm³/mol. The highest BCUT2D eigenvalue weighted by Crippen LogP contribution is 2.26. The number of morpholine rings is 1. The molecule has 0 spiro atoms. The molecule has 1 fully saturated rings. The maximum Gasteiger partial charge on any atom is 0.133 e. The molecule has 4 rings (SSSR count). The van der Waals surface area contributed by atoms with Gasteiger partial charge in [-0.3, -0.25) is 0 Å². The molecule has 146 valence electrons. The average Bonchev–Trinajstić information content (AvgIpc) is 2.71. The van der Waals surface area contributed by atoms with Crippen LogP contribution in [0, 0.1) is 5.82 Å². The monoisotopic (exact) mass is 399 g/mol. The number of fused-ring (bicyclic) bond motifs is 1. The summed E-state index contributed by atoms with van der Waals surface area (Å²) in [5.41, 5.74) is 3.04. The third-order valence-electron chi connectivity index (χ3n) is 4.94. The number of hydrogen-bond acceptors (Lipinski definition) is 4. The van der Waals surface area contributed by atoms with Crippen LogP contribution >= 0.6 is 11.6 Å². The molecule has 3 aromatic rings. The van der Waals surface area contributed by atoms with Crippen LogP contribution in [0.2, 0.25) is 5.02 Å². The molecule has 1 aromatic heterocycles. The van der Waals surface area contributed by atoms with Crippen molar-refractivity contribution < 1.29 is 9.13 Å². The van der Waals surface area contributed by atoms with Crippen molar-refractivity contribution in [1.29, 1.82) is 0 Å². The molecule has 4 nitrogen and oxygen atoms in total. The van der Waals surface area contributed by atoms with E-state index in [-0.39, 0.29) is 5.82 Å². The second-order valence-corrected chi connectivity index (χ2v) is 7.40. The molecule has 0 unspecified atom stereocenters. The predicted octanol–water partition coefficient (Wildman–Crippen LogP) is 4.20. The van der Waals surface area contributed by atoms with Crippen molar-refractivity contribution >= 4 is 28.3 Å². The van der Waals surface area contributed by atoms with Crippen LogP contribution in [0.15, 0.2) is 48.5 Å². The number of ether oxygens (including phenoxy) is 1. The Morgan fingerprint density at radius 2 is 1.96 bits per heavy atom. The van der Waals surface area contributed by atoms with Gasteiger partial charge < -0.3 is 15.0 Å².